The Labute approximate surface area is 242 Å². The molecule has 2 N–H and O–H groups in total. The van der Waals surface area contributed by atoms with E-state index in [9.17, 15) is 18.0 Å². The van der Waals surface area contributed by atoms with Gasteiger partial charge in [0.05, 0.1) is 47.6 Å². The predicted octanol–water partition coefficient (Wildman–Crippen LogP) is 4.71. The van der Waals surface area contributed by atoms with Crippen molar-refractivity contribution in [3.05, 3.63) is 41.4 Å². The fourth-order valence-electron chi connectivity index (χ4n) is 6.07. The number of amides is 1. The van der Waals surface area contributed by atoms with Gasteiger partial charge in [-0.3, -0.25) is 9.69 Å². The highest BCUT2D eigenvalue weighted by molar-refractivity contribution is 7.23. The molecule has 5 heterocycles. The largest absolute Gasteiger partial charge is 0.481 e. The lowest BCUT2D eigenvalue weighted by atomic mass is 9.95. The van der Waals surface area contributed by atoms with Crippen molar-refractivity contribution in [1.82, 2.24) is 30.1 Å². The second kappa shape index (κ2) is 10.8. The quantitative estimate of drug-likeness (QED) is 0.277. The Morgan fingerprint density at radius 1 is 1.26 bits per heavy atom. The maximum Gasteiger partial charge on any atom is 0.393 e. The number of methoxy groups -OCH3 is 1. The molecule has 2 fully saturated rings. The van der Waals surface area contributed by atoms with Crippen LogP contribution in [-0.2, 0) is 20.0 Å². The summed E-state index contributed by atoms with van der Waals surface area (Å²) in [7, 11) is 4.98. The first kappa shape index (κ1) is 28.4. The van der Waals surface area contributed by atoms with E-state index in [0.29, 0.717) is 22.2 Å². The first-order chi connectivity index (χ1) is 20.0. The standard InChI is InChI=1S/C27H29F4N7O3S/c1-37-13-7-8-19(37)21(28)18(9-13)34-17-6-4-5-14-15(10-27(29,30)31)23(42-22(14)17)24-35-20(41-36-24)12-32-25(39)16-11-33-38(2)26(16)40-3/h4-6,11,13,18-19,21,34H,7-10,12H2,1-3H3,(H,32,39)/t13-,18-,19+,21-/m1/s1. The van der Waals surface area contributed by atoms with Gasteiger partial charge >= 0.3 is 6.18 Å². The number of hydrogen-bond donors (Lipinski definition) is 2. The summed E-state index contributed by atoms with van der Waals surface area (Å²) < 4.78 is 69.1. The lowest BCUT2D eigenvalue weighted by Crippen LogP contribution is -2.53. The number of ether oxygens (including phenoxy) is 1. The van der Waals surface area contributed by atoms with Gasteiger partial charge in [0.25, 0.3) is 5.91 Å². The fourth-order valence-corrected chi connectivity index (χ4v) is 7.30. The van der Waals surface area contributed by atoms with E-state index < -0.39 is 30.7 Å². The van der Waals surface area contributed by atoms with Gasteiger partial charge in [-0.15, -0.1) is 11.3 Å². The van der Waals surface area contributed by atoms with Crippen molar-refractivity contribution in [2.45, 2.75) is 62.7 Å². The Balaban J connectivity index is 1.28. The highest BCUT2D eigenvalue weighted by atomic mass is 32.1. The zero-order valence-electron chi connectivity index (χ0n) is 23.0. The minimum atomic E-state index is -4.49. The van der Waals surface area contributed by atoms with Gasteiger partial charge in [-0.2, -0.15) is 23.3 Å². The number of thiophene rings is 1. The van der Waals surface area contributed by atoms with Crippen LogP contribution in [0.4, 0.5) is 23.2 Å². The van der Waals surface area contributed by atoms with Crippen LogP contribution >= 0.6 is 11.3 Å². The normalized spacial score (nSPS) is 22.5. The smallest absolute Gasteiger partial charge is 0.393 e. The van der Waals surface area contributed by atoms with Gasteiger partial charge in [-0.05, 0) is 43.3 Å². The predicted molar refractivity (Wildman–Crippen MR) is 147 cm³/mol. The summed E-state index contributed by atoms with van der Waals surface area (Å²) >= 11 is 1.10. The summed E-state index contributed by atoms with van der Waals surface area (Å²) in [5.74, 6) is -0.247. The third-order valence-corrected chi connectivity index (χ3v) is 9.38. The Morgan fingerprint density at radius 2 is 2.07 bits per heavy atom. The molecule has 224 valence electrons. The molecule has 4 atom stereocenters. The van der Waals surface area contributed by atoms with Crippen molar-refractivity contribution in [3.8, 4) is 16.6 Å². The first-order valence-corrected chi connectivity index (χ1v) is 14.3. The van der Waals surface area contributed by atoms with Crippen molar-refractivity contribution in [2.75, 3.05) is 19.5 Å². The molecule has 3 aromatic heterocycles. The van der Waals surface area contributed by atoms with E-state index >= 15 is 4.39 Å². The molecule has 42 heavy (non-hydrogen) atoms. The number of rotatable bonds is 8. The van der Waals surface area contributed by atoms with Gasteiger partial charge in [-0.25, -0.2) is 9.07 Å². The Hall–Kier alpha value is -3.72. The van der Waals surface area contributed by atoms with Crippen LogP contribution in [0.25, 0.3) is 20.8 Å². The van der Waals surface area contributed by atoms with E-state index in [4.69, 9.17) is 9.26 Å². The molecule has 2 aliphatic rings. The number of benzene rings is 1. The number of carbonyl (C=O) groups excluding carboxylic acids is 1. The van der Waals surface area contributed by atoms with E-state index in [1.165, 1.54) is 18.0 Å². The number of aromatic nitrogens is 4. The van der Waals surface area contributed by atoms with E-state index in [1.807, 2.05) is 7.05 Å². The highest BCUT2D eigenvalue weighted by Gasteiger charge is 2.46. The maximum absolute atomic E-state index is 15.4. The number of piperidine rings is 1. The lowest BCUT2D eigenvalue weighted by Gasteiger charge is -2.39. The van der Waals surface area contributed by atoms with Gasteiger partial charge in [-0.1, -0.05) is 17.3 Å². The fraction of sp³-hybridized carbons (Fsp3) is 0.481. The van der Waals surface area contributed by atoms with Crippen LogP contribution in [0.3, 0.4) is 0 Å². The van der Waals surface area contributed by atoms with Crippen molar-refractivity contribution in [1.29, 1.82) is 0 Å². The van der Waals surface area contributed by atoms with Crippen LogP contribution in [0.15, 0.2) is 28.9 Å². The summed E-state index contributed by atoms with van der Waals surface area (Å²) in [5, 5.41) is 14.3. The molecule has 0 aliphatic carbocycles. The minimum Gasteiger partial charge on any atom is -0.481 e. The Bertz CT molecular complexity index is 1620. The molecule has 1 amide bonds. The van der Waals surface area contributed by atoms with Crippen LogP contribution < -0.4 is 15.4 Å². The molecule has 0 unspecified atom stereocenters. The topological polar surface area (TPSA) is 110 Å². The molecule has 2 aliphatic heterocycles. The Kier molecular flexibility index (Phi) is 7.33. The summed E-state index contributed by atoms with van der Waals surface area (Å²) in [6, 6.07) is 4.71. The molecule has 0 spiro atoms. The number of anilines is 1. The van der Waals surface area contributed by atoms with Crippen molar-refractivity contribution < 1.29 is 31.6 Å². The molecule has 2 saturated heterocycles. The number of hydrogen-bond acceptors (Lipinski definition) is 9. The number of alkyl halides is 4. The average molecular weight is 608 g/mol. The highest BCUT2D eigenvalue weighted by Crippen LogP contribution is 2.45. The lowest BCUT2D eigenvalue weighted by molar-refractivity contribution is -0.126. The number of nitrogens with one attached hydrogen (secondary N) is 2. The molecule has 4 aromatic rings. The summed E-state index contributed by atoms with van der Waals surface area (Å²) in [6.45, 7) is -0.160. The van der Waals surface area contributed by atoms with E-state index in [1.54, 1.807) is 25.2 Å². The van der Waals surface area contributed by atoms with E-state index in [0.717, 1.165) is 24.2 Å². The second-order valence-corrected chi connectivity index (χ2v) is 11.7. The number of halogens is 4. The van der Waals surface area contributed by atoms with Crippen molar-refractivity contribution in [3.63, 3.8) is 0 Å². The second-order valence-electron chi connectivity index (χ2n) is 10.7. The van der Waals surface area contributed by atoms with Crippen LogP contribution in [0, 0.1) is 0 Å². The molecular weight excluding hydrogens is 578 g/mol. The zero-order valence-corrected chi connectivity index (χ0v) is 23.9. The molecule has 2 bridgehead atoms. The van der Waals surface area contributed by atoms with Crippen molar-refractivity contribution >= 4 is 33.0 Å². The summed E-state index contributed by atoms with van der Waals surface area (Å²) in [5.41, 5.74) is 0.790. The van der Waals surface area contributed by atoms with Gasteiger partial charge in [0.1, 0.15) is 11.7 Å². The summed E-state index contributed by atoms with van der Waals surface area (Å²) in [6.07, 6.45) is -3.10. The maximum atomic E-state index is 15.4. The Morgan fingerprint density at radius 3 is 2.83 bits per heavy atom. The SMILES string of the molecule is COc1c(C(=O)NCc2nc(-c3sc4c(N[C@@H]5C[C@H]6CC[C@@H]([C@@H]5F)N6C)cccc4c3CC(F)(F)F)no2)cnn1C. The van der Waals surface area contributed by atoms with Gasteiger partial charge in [0.2, 0.25) is 17.6 Å². The van der Waals surface area contributed by atoms with Gasteiger partial charge < -0.3 is 19.9 Å². The van der Waals surface area contributed by atoms with Crippen LogP contribution in [0.2, 0.25) is 0 Å². The average Bonchev–Trinajstić information content (AvgIpc) is 3.70. The van der Waals surface area contributed by atoms with Gasteiger partial charge in [0, 0.05) is 19.1 Å². The molecule has 6 rings (SSSR count). The first-order valence-electron chi connectivity index (χ1n) is 13.4. The molecule has 1 aromatic carbocycles. The number of fused-ring (bicyclic) bond motifs is 3. The molecule has 10 nitrogen and oxygen atoms in total. The molecule has 0 radical (unpaired) electrons. The van der Waals surface area contributed by atoms with Crippen LogP contribution in [-0.4, -0.2) is 75.4 Å². The van der Waals surface area contributed by atoms with Crippen molar-refractivity contribution in [2.24, 2.45) is 7.05 Å². The monoisotopic (exact) mass is 607 g/mol. The third kappa shape index (κ3) is 5.19. The number of carbonyl (C=O) groups is 1. The molecular formula is C27H29F4N7O3S. The van der Waals surface area contributed by atoms with Crippen LogP contribution in [0.5, 0.6) is 5.88 Å². The van der Waals surface area contributed by atoms with E-state index in [2.05, 4.69) is 30.8 Å². The van der Waals surface area contributed by atoms with Gasteiger partial charge in [0.15, 0.2) is 0 Å². The van der Waals surface area contributed by atoms with E-state index in [-0.39, 0.29) is 52.2 Å². The minimum absolute atomic E-state index is 0.0112. The molecule has 15 heteroatoms. The zero-order chi connectivity index (χ0) is 29.8. The third-order valence-electron chi connectivity index (χ3n) is 8.10. The van der Waals surface area contributed by atoms with Crippen LogP contribution in [0.1, 0.15) is 41.1 Å². The number of aryl methyl sites for hydroxylation is 1. The summed E-state index contributed by atoms with van der Waals surface area (Å²) in [4.78, 5) is 19.2. The number of nitrogens with zero attached hydrogens (tertiary/aromatic N) is 5. The molecule has 0 saturated carbocycles.